The molecule has 0 amide bonds. The van der Waals surface area contributed by atoms with E-state index in [1.165, 1.54) is 18.0 Å². The van der Waals surface area contributed by atoms with E-state index in [2.05, 4.69) is 5.32 Å². The van der Waals surface area contributed by atoms with Gasteiger partial charge in [0.2, 0.25) is 0 Å². The fraction of sp³-hybridized carbons (Fsp3) is 0.462. The van der Waals surface area contributed by atoms with Gasteiger partial charge >= 0.3 is 5.97 Å². The highest BCUT2D eigenvalue weighted by Gasteiger charge is 2.38. The van der Waals surface area contributed by atoms with Crippen LogP contribution in [0.25, 0.3) is 0 Å². The van der Waals surface area contributed by atoms with Gasteiger partial charge in [0.1, 0.15) is 9.84 Å². The molecule has 0 aliphatic rings. The maximum atomic E-state index is 11.6. The van der Waals surface area contributed by atoms with Gasteiger partial charge < -0.3 is 10.4 Å². The molecular weight excluding hydrogens is 298 g/mol. The number of sulfone groups is 1. The molecule has 1 unspecified atom stereocenters. The first-order chi connectivity index (χ1) is 9.32. The average molecular weight is 317 g/mol. The molecule has 0 heterocycles. The second kappa shape index (κ2) is 7.10. The summed E-state index contributed by atoms with van der Waals surface area (Å²) in [5.41, 5.74) is -0.550. The number of hydrogen-bond donors (Lipinski definition) is 2. The Kier molecular flexibility index (Phi) is 6.04. The van der Waals surface area contributed by atoms with Crippen LogP contribution < -0.4 is 5.32 Å². The van der Waals surface area contributed by atoms with Gasteiger partial charge in [-0.1, -0.05) is 30.3 Å². The summed E-state index contributed by atoms with van der Waals surface area (Å²) in [6, 6.07) is 8.89. The number of rotatable bonds is 8. The molecule has 5 nitrogen and oxygen atoms in total. The fourth-order valence-electron chi connectivity index (χ4n) is 1.75. The van der Waals surface area contributed by atoms with E-state index in [1.54, 1.807) is 31.3 Å². The Bertz CT molecular complexity index is 545. The third-order valence-corrected chi connectivity index (χ3v) is 5.31. The number of carboxylic acids is 1. The highest BCUT2D eigenvalue weighted by atomic mass is 32.2. The zero-order chi connectivity index (χ0) is 15.2. The van der Waals surface area contributed by atoms with Crippen molar-refractivity contribution in [3.05, 3.63) is 35.9 Å². The summed E-state index contributed by atoms with van der Waals surface area (Å²) in [6.45, 7) is 0. The summed E-state index contributed by atoms with van der Waals surface area (Å²) in [5.74, 6) is -0.287. The van der Waals surface area contributed by atoms with Crippen LogP contribution in [0.15, 0.2) is 30.3 Å². The van der Waals surface area contributed by atoms with Crippen molar-refractivity contribution < 1.29 is 18.3 Å². The van der Waals surface area contributed by atoms with E-state index in [1.807, 2.05) is 6.07 Å². The molecule has 7 heteroatoms. The third-order valence-electron chi connectivity index (χ3n) is 2.98. The lowest BCUT2D eigenvalue weighted by atomic mass is 9.92. The highest BCUT2D eigenvalue weighted by Crippen LogP contribution is 2.26. The van der Waals surface area contributed by atoms with Crippen molar-refractivity contribution in [2.45, 2.75) is 5.54 Å². The number of benzene rings is 1. The standard InChI is InChI=1S/C13H19NO4S2/c1-14-13(12(15)16,11-6-4-3-5-7-11)10-19-8-9-20(2,17)18/h3-7,14H,8-10H2,1-2H3,(H,15,16). The first-order valence-electron chi connectivity index (χ1n) is 6.05. The van der Waals surface area contributed by atoms with Crippen LogP contribution >= 0.6 is 11.8 Å². The molecule has 0 aliphatic heterocycles. The van der Waals surface area contributed by atoms with E-state index in [0.717, 1.165) is 0 Å². The van der Waals surface area contributed by atoms with Gasteiger partial charge in [0.25, 0.3) is 0 Å². The minimum absolute atomic E-state index is 0.0475. The number of carbonyl (C=O) groups is 1. The Morgan fingerprint density at radius 3 is 2.40 bits per heavy atom. The molecule has 0 radical (unpaired) electrons. The molecule has 1 atom stereocenters. The van der Waals surface area contributed by atoms with Crippen LogP contribution in [0.4, 0.5) is 0 Å². The lowest BCUT2D eigenvalue weighted by Gasteiger charge is -2.29. The predicted octanol–water partition coefficient (Wildman–Crippen LogP) is 0.964. The maximum absolute atomic E-state index is 11.6. The van der Waals surface area contributed by atoms with E-state index in [4.69, 9.17) is 0 Å². The average Bonchev–Trinajstić information content (AvgIpc) is 2.39. The summed E-state index contributed by atoms with van der Waals surface area (Å²) < 4.78 is 22.2. The van der Waals surface area contributed by atoms with Crippen LogP contribution in [-0.4, -0.2) is 50.1 Å². The van der Waals surface area contributed by atoms with Crippen LogP contribution in [0.1, 0.15) is 5.56 Å². The molecule has 1 aromatic rings. The predicted molar refractivity (Wildman–Crippen MR) is 81.9 cm³/mol. The van der Waals surface area contributed by atoms with Crippen molar-refractivity contribution in [3.8, 4) is 0 Å². The minimum atomic E-state index is -3.02. The third kappa shape index (κ3) is 4.50. The molecule has 0 aromatic heterocycles. The molecule has 1 rings (SSSR count). The van der Waals surface area contributed by atoms with Crippen LogP contribution in [0.5, 0.6) is 0 Å². The van der Waals surface area contributed by atoms with Gasteiger partial charge in [-0.3, -0.25) is 0 Å². The molecule has 2 N–H and O–H groups in total. The maximum Gasteiger partial charge on any atom is 0.329 e. The van der Waals surface area contributed by atoms with Crippen LogP contribution in [-0.2, 0) is 20.2 Å². The van der Waals surface area contributed by atoms with Gasteiger partial charge in [-0.05, 0) is 12.6 Å². The quantitative estimate of drug-likeness (QED) is 0.695. The zero-order valence-electron chi connectivity index (χ0n) is 11.5. The largest absolute Gasteiger partial charge is 0.480 e. The van der Waals surface area contributed by atoms with Crippen molar-refractivity contribution in [2.24, 2.45) is 0 Å². The Labute approximate surface area is 123 Å². The smallest absolute Gasteiger partial charge is 0.329 e. The summed E-state index contributed by atoms with van der Waals surface area (Å²) in [7, 11) is -1.43. The lowest BCUT2D eigenvalue weighted by Crippen LogP contribution is -2.49. The Morgan fingerprint density at radius 2 is 1.95 bits per heavy atom. The molecule has 112 valence electrons. The van der Waals surface area contributed by atoms with E-state index in [-0.39, 0.29) is 11.5 Å². The first kappa shape index (κ1) is 17.0. The van der Waals surface area contributed by atoms with Crippen LogP contribution in [0.2, 0.25) is 0 Å². The number of hydrogen-bond acceptors (Lipinski definition) is 5. The SMILES string of the molecule is CNC(CSCCS(C)(=O)=O)(C(=O)O)c1ccccc1. The van der Waals surface area contributed by atoms with E-state index < -0.39 is 21.3 Å². The second-order valence-electron chi connectivity index (χ2n) is 4.51. The first-order valence-corrected chi connectivity index (χ1v) is 9.26. The molecule has 0 saturated heterocycles. The topological polar surface area (TPSA) is 83.5 Å². The number of likely N-dealkylation sites (N-methyl/N-ethyl adjacent to an activating group) is 1. The summed E-state index contributed by atoms with van der Waals surface area (Å²) in [6.07, 6.45) is 1.17. The molecular formula is C13H19NO4S2. The van der Waals surface area contributed by atoms with Crippen molar-refractivity contribution >= 4 is 27.6 Å². The van der Waals surface area contributed by atoms with Crippen LogP contribution in [0, 0.1) is 0 Å². The monoisotopic (exact) mass is 317 g/mol. The van der Waals surface area contributed by atoms with E-state index >= 15 is 0 Å². The molecule has 1 aromatic carbocycles. The van der Waals surface area contributed by atoms with Crippen molar-refractivity contribution in [1.82, 2.24) is 5.32 Å². The number of thioether (sulfide) groups is 1. The number of nitrogens with one attached hydrogen (secondary N) is 1. The normalized spacial score (nSPS) is 14.7. The minimum Gasteiger partial charge on any atom is -0.480 e. The fourth-order valence-corrected chi connectivity index (χ4v) is 4.32. The lowest BCUT2D eigenvalue weighted by molar-refractivity contribution is -0.144. The van der Waals surface area contributed by atoms with Gasteiger partial charge in [0.15, 0.2) is 5.54 Å². The highest BCUT2D eigenvalue weighted by molar-refractivity contribution is 8.00. The number of carboxylic acid groups (broad SMARTS) is 1. The van der Waals surface area contributed by atoms with E-state index in [0.29, 0.717) is 11.3 Å². The summed E-state index contributed by atoms with van der Waals surface area (Å²) in [5, 5.41) is 12.4. The van der Waals surface area contributed by atoms with Crippen molar-refractivity contribution in [1.29, 1.82) is 0 Å². The zero-order valence-corrected chi connectivity index (χ0v) is 13.1. The van der Waals surface area contributed by atoms with Gasteiger partial charge in [-0.25, -0.2) is 13.2 Å². The molecule has 20 heavy (non-hydrogen) atoms. The summed E-state index contributed by atoms with van der Waals surface area (Å²) in [4.78, 5) is 11.6. The van der Waals surface area contributed by atoms with Gasteiger partial charge in [0, 0.05) is 17.8 Å². The molecule has 0 saturated carbocycles. The summed E-state index contributed by atoms with van der Waals surface area (Å²) >= 11 is 1.31. The Balaban J connectivity index is 2.83. The van der Waals surface area contributed by atoms with Crippen LogP contribution in [0.3, 0.4) is 0 Å². The number of aliphatic carboxylic acids is 1. The molecule has 0 bridgehead atoms. The van der Waals surface area contributed by atoms with E-state index in [9.17, 15) is 18.3 Å². The van der Waals surface area contributed by atoms with Crippen molar-refractivity contribution in [3.63, 3.8) is 0 Å². The van der Waals surface area contributed by atoms with Gasteiger partial charge in [-0.15, -0.1) is 0 Å². The molecule has 0 fully saturated rings. The Hall–Kier alpha value is -1.05. The van der Waals surface area contributed by atoms with Gasteiger partial charge in [0.05, 0.1) is 5.75 Å². The van der Waals surface area contributed by atoms with Crippen molar-refractivity contribution in [2.75, 3.05) is 30.6 Å². The second-order valence-corrected chi connectivity index (χ2v) is 7.87. The molecule has 0 aliphatic carbocycles. The Morgan fingerprint density at radius 1 is 1.35 bits per heavy atom. The molecule has 0 spiro atoms. The van der Waals surface area contributed by atoms with Gasteiger partial charge in [-0.2, -0.15) is 11.8 Å².